The summed E-state index contributed by atoms with van der Waals surface area (Å²) < 4.78 is 24.4. The Morgan fingerprint density at radius 2 is 2.19 bits per heavy atom. The topological polar surface area (TPSA) is 122 Å². The Kier molecular flexibility index (Phi) is 6.97. The molecule has 1 saturated carbocycles. The third kappa shape index (κ3) is 7.08. The third-order valence-electron chi connectivity index (χ3n) is 5.10. The van der Waals surface area contributed by atoms with E-state index in [0.717, 1.165) is 24.2 Å². The quantitative estimate of drug-likeness (QED) is 0.580. The summed E-state index contributed by atoms with van der Waals surface area (Å²) in [5, 5.41) is 12.5. The van der Waals surface area contributed by atoms with Gasteiger partial charge in [-0.25, -0.2) is 14.2 Å². The molecule has 1 aliphatic rings. The van der Waals surface area contributed by atoms with E-state index in [1.807, 2.05) is 0 Å². The number of aryl methyl sites for hydroxylation is 1. The van der Waals surface area contributed by atoms with Crippen molar-refractivity contribution < 1.29 is 23.1 Å². The highest BCUT2D eigenvalue weighted by Gasteiger charge is 2.30. The van der Waals surface area contributed by atoms with Crippen LogP contribution in [-0.2, 0) is 16.0 Å². The zero-order valence-electron chi connectivity index (χ0n) is 18.3. The van der Waals surface area contributed by atoms with E-state index in [1.54, 1.807) is 19.9 Å². The number of carbonyl (C=O) groups is 2. The van der Waals surface area contributed by atoms with Gasteiger partial charge >= 0.3 is 6.09 Å². The second-order valence-corrected chi connectivity index (χ2v) is 8.82. The van der Waals surface area contributed by atoms with Crippen molar-refractivity contribution in [2.75, 3.05) is 5.32 Å². The molecule has 3 unspecified atom stereocenters. The predicted molar refractivity (Wildman–Crippen MR) is 111 cm³/mol. The lowest BCUT2D eigenvalue weighted by atomic mass is 10.0. The van der Waals surface area contributed by atoms with E-state index in [-0.39, 0.29) is 36.8 Å². The Morgan fingerprint density at radius 1 is 1.42 bits per heavy atom. The number of aromatic amines is 1. The van der Waals surface area contributed by atoms with Gasteiger partial charge in [-0.1, -0.05) is 0 Å². The minimum atomic E-state index is -1.35. The molecule has 0 radical (unpaired) electrons. The maximum Gasteiger partial charge on any atom is 0.407 e. The summed E-state index contributed by atoms with van der Waals surface area (Å²) in [4.78, 5) is 28.3. The standard InChI is InChI=1S/C21H30FN5O4/c1-12(10-21(3,4)22)24-20(29)31-15-6-5-14(7-15)16-8-17(27-26-16)25-18(28)9-19-23-13(2)11-30-19/h8,11-12,14-15H,5-7,9-10H2,1-4H3,(H,24,29)(H2,25,26,27,28). The van der Waals surface area contributed by atoms with Crippen LogP contribution in [0.2, 0.25) is 0 Å². The number of ether oxygens (including phenoxy) is 1. The number of hydrogen-bond acceptors (Lipinski definition) is 6. The zero-order chi connectivity index (χ0) is 22.6. The summed E-state index contributed by atoms with van der Waals surface area (Å²) in [6.45, 7) is 6.50. The van der Waals surface area contributed by atoms with Crippen LogP contribution in [0.4, 0.5) is 15.0 Å². The largest absolute Gasteiger partial charge is 0.448 e. The fourth-order valence-electron chi connectivity index (χ4n) is 3.91. The van der Waals surface area contributed by atoms with Crippen molar-refractivity contribution in [1.29, 1.82) is 0 Å². The molecule has 2 aromatic heterocycles. The lowest BCUT2D eigenvalue weighted by Crippen LogP contribution is -2.38. The number of hydrogen-bond donors (Lipinski definition) is 3. The number of carbonyl (C=O) groups excluding carboxylic acids is 2. The van der Waals surface area contributed by atoms with Gasteiger partial charge in [0.25, 0.3) is 0 Å². The maximum absolute atomic E-state index is 13.7. The van der Waals surface area contributed by atoms with Gasteiger partial charge in [0.2, 0.25) is 11.8 Å². The highest BCUT2D eigenvalue weighted by Crippen LogP contribution is 2.35. The first-order valence-electron chi connectivity index (χ1n) is 10.5. The van der Waals surface area contributed by atoms with Gasteiger partial charge in [0.1, 0.15) is 24.5 Å². The number of halogens is 1. The summed E-state index contributed by atoms with van der Waals surface area (Å²) in [7, 11) is 0. The molecule has 0 spiro atoms. The number of alkyl halides is 1. The smallest absolute Gasteiger partial charge is 0.407 e. The third-order valence-corrected chi connectivity index (χ3v) is 5.10. The predicted octanol–water partition coefficient (Wildman–Crippen LogP) is 3.78. The molecule has 3 atom stereocenters. The lowest BCUT2D eigenvalue weighted by Gasteiger charge is -2.21. The first-order valence-corrected chi connectivity index (χ1v) is 10.5. The Labute approximate surface area is 180 Å². The van der Waals surface area contributed by atoms with E-state index in [9.17, 15) is 14.0 Å². The van der Waals surface area contributed by atoms with Gasteiger partial charge in [-0.15, -0.1) is 0 Å². The molecule has 3 N–H and O–H groups in total. The van der Waals surface area contributed by atoms with Crippen molar-refractivity contribution in [3.05, 3.63) is 29.6 Å². The normalized spacial score (nSPS) is 19.8. The number of aromatic nitrogens is 3. The molecule has 1 aliphatic carbocycles. The fourth-order valence-corrected chi connectivity index (χ4v) is 3.91. The first kappa shape index (κ1) is 22.8. The summed E-state index contributed by atoms with van der Waals surface area (Å²) >= 11 is 0. The maximum atomic E-state index is 13.7. The van der Waals surface area contributed by atoms with Gasteiger partial charge in [-0.3, -0.25) is 9.89 Å². The van der Waals surface area contributed by atoms with Crippen LogP contribution in [0.1, 0.15) is 69.7 Å². The molecular weight excluding hydrogens is 405 g/mol. The molecule has 0 aliphatic heterocycles. The fraction of sp³-hybridized carbons (Fsp3) is 0.619. The van der Waals surface area contributed by atoms with E-state index in [1.165, 1.54) is 20.1 Å². The van der Waals surface area contributed by atoms with Crippen LogP contribution in [0.15, 0.2) is 16.7 Å². The molecule has 0 bridgehead atoms. The number of anilines is 1. The van der Waals surface area contributed by atoms with E-state index in [2.05, 4.69) is 25.8 Å². The molecule has 0 saturated heterocycles. The van der Waals surface area contributed by atoms with Crippen molar-refractivity contribution in [1.82, 2.24) is 20.5 Å². The van der Waals surface area contributed by atoms with Gasteiger partial charge in [0.05, 0.1) is 5.69 Å². The molecule has 1 fully saturated rings. The average molecular weight is 436 g/mol. The van der Waals surface area contributed by atoms with E-state index < -0.39 is 11.8 Å². The molecule has 3 rings (SSSR count). The van der Waals surface area contributed by atoms with Crippen LogP contribution in [0, 0.1) is 6.92 Å². The van der Waals surface area contributed by atoms with E-state index >= 15 is 0 Å². The van der Waals surface area contributed by atoms with E-state index in [0.29, 0.717) is 18.1 Å². The number of nitrogens with zero attached hydrogens (tertiary/aromatic N) is 2. The Morgan fingerprint density at radius 3 is 2.87 bits per heavy atom. The summed E-state index contributed by atoms with van der Waals surface area (Å²) in [5.41, 5.74) is 0.241. The molecule has 2 amide bonds. The van der Waals surface area contributed by atoms with Crippen molar-refractivity contribution in [3.8, 4) is 0 Å². The highest BCUT2D eigenvalue weighted by molar-refractivity contribution is 5.90. The SMILES string of the molecule is Cc1coc(CC(=O)Nc2cc(C3CCC(OC(=O)NC(C)CC(C)(C)F)C3)[nH]n2)n1. The summed E-state index contributed by atoms with van der Waals surface area (Å²) in [5.74, 6) is 0.652. The van der Waals surface area contributed by atoms with Gasteiger partial charge in [0.15, 0.2) is 5.82 Å². The Hall–Kier alpha value is -2.91. The second-order valence-electron chi connectivity index (χ2n) is 8.82. The van der Waals surface area contributed by atoms with Crippen molar-refractivity contribution in [3.63, 3.8) is 0 Å². The van der Waals surface area contributed by atoms with Gasteiger partial charge in [-0.05, 0) is 47.0 Å². The number of nitrogens with one attached hydrogen (secondary N) is 3. The first-order chi connectivity index (χ1) is 14.6. The second kappa shape index (κ2) is 9.49. The van der Waals surface area contributed by atoms with E-state index in [4.69, 9.17) is 9.15 Å². The summed E-state index contributed by atoms with van der Waals surface area (Å²) in [6, 6.07) is 1.47. The molecule has 2 heterocycles. The van der Waals surface area contributed by atoms with Gasteiger partial charge < -0.3 is 19.8 Å². The monoisotopic (exact) mass is 435 g/mol. The molecule has 31 heavy (non-hydrogen) atoms. The van der Waals surface area contributed by atoms with Gasteiger partial charge in [0, 0.05) is 30.1 Å². The van der Waals surface area contributed by atoms with Crippen molar-refractivity contribution >= 4 is 17.8 Å². The number of amides is 2. The van der Waals surface area contributed by atoms with Gasteiger partial charge in [-0.2, -0.15) is 5.10 Å². The zero-order valence-corrected chi connectivity index (χ0v) is 18.3. The lowest BCUT2D eigenvalue weighted by molar-refractivity contribution is -0.115. The van der Waals surface area contributed by atoms with Crippen LogP contribution in [-0.4, -0.2) is 45.0 Å². The number of alkyl carbamates (subject to hydrolysis) is 1. The Bertz CT molecular complexity index is 904. The highest BCUT2D eigenvalue weighted by atomic mass is 19.1. The molecule has 10 heteroatoms. The summed E-state index contributed by atoms with van der Waals surface area (Å²) in [6.07, 6.45) is 3.21. The molecule has 0 aromatic carbocycles. The average Bonchev–Trinajstić information content (AvgIpc) is 3.34. The van der Waals surface area contributed by atoms with Crippen molar-refractivity contribution in [2.45, 2.75) is 83.5 Å². The minimum absolute atomic E-state index is 0.0303. The van der Waals surface area contributed by atoms with Crippen LogP contribution < -0.4 is 10.6 Å². The number of H-pyrrole nitrogens is 1. The van der Waals surface area contributed by atoms with Crippen molar-refractivity contribution in [2.24, 2.45) is 0 Å². The minimum Gasteiger partial charge on any atom is -0.448 e. The molecular formula is C21H30FN5O4. The molecule has 2 aromatic rings. The molecule has 170 valence electrons. The molecule has 9 nitrogen and oxygen atoms in total. The Balaban J connectivity index is 1.44. The van der Waals surface area contributed by atoms with Crippen LogP contribution >= 0.6 is 0 Å². The van der Waals surface area contributed by atoms with Crippen LogP contribution in [0.5, 0.6) is 0 Å². The number of oxazole rings is 1. The number of rotatable bonds is 8. The van der Waals surface area contributed by atoms with Crippen LogP contribution in [0.3, 0.4) is 0 Å². The van der Waals surface area contributed by atoms with Crippen LogP contribution in [0.25, 0.3) is 0 Å².